The molecule has 0 bridgehead atoms. The summed E-state index contributed by atoms with van der Waals surface area (Å²) in [6, 6.07) is 0. The minimum absolute atomic E-state index is 0.329. The van der Waals surface area contributed by atoms with E-state index in [-0.39, 0.29) is 0 Å². The molecule has 0 saturated heterocycles. The monoisotopic (exact) mass is 105 g/mol. The van der Waals surface area contributed by atoms with Crippen molar-refractivity contribution in [3.63, 3.8) is 0 Å². The molecule has 1 nitrogen and oxygen atoms in total. The Kier molecular flexibility index (Phi) is 2.19. The Labute approximate surface area is 40.2 Å². The van der Waals surface area contributed by atoms with Crippen molar-refractivity contribution < 1.29 is 8.78 Å². The van der Waals surface area contributed by atoms with Gasteiger partial charge in [0.15, 0.2) is 5.83 Å². The molecule has 1 N–H and O–H groups in total. The Morgan fingerprint density at radius 3 is 2.00 bits per heavy atom. The molecule has 0 aromatic heterocycles. The smallest absolute Gasteiger partial charge is 0.171 e. The Morgan fingerprint density at radius 2 is 2.00 bits per heavy atom. The average molecular weight is 105 g/mol. The van der Waals surface area contributed by atoms with E-state index >= 15 is 0 Å². The molecule has 0 aliphatic heterocycles. The lowest BCUT2D eigenvalue weighted by molar-refractivity contribution is 0.566. The number of halogens is 2. The van der Waals surface area contributed by atoms with Crippen LogP contribution in [0, 0.1) is 5.41 Å². The molecule has 0 unspecified atom stereocenters. The zero-order valence-corrected chi connectivity index (χ0v) is 3.83. The van der Waals surface area contributed by atoms with E-state index in [1.54, 1.807) is 0 Å². The molecule has 40 valence electrons. The molecule has 0 aromatic carbocycles. The fourth-order valence-electron chi connectivity index (χ4n) is 0.0994. The molecule has 0 spiro atoms. The lowest BCUT2D eigenvalue weighted by Gasteiger charge is -1.79. The Hall–Kier alpha value is -0.730. The molecule has 0 atom stereocenters. The summed E-state index contributed by atoms with van der Waals surface area (Å²) in [6.07, 6.45) is 0.329. The van der Waals surface area contributed by atoms with E-state index in [2.05, 4.69) is 0 Å². The second-order valence-electron chi connectivity index (χ2n) is 1.03. The van der Waals surface area contributed by atoms with Crippen LogP contribution in [0.5, 0.6) is 0 Å². The second kappa shape index (κ2) is 2.44. The van der Waals surface area contributed by atoms with Crippen LogP contribution in [-0.2, 0) is 0 Å². The number of rotatable bonds is 1. The zero-order valence-electron chi connectivity index (χ0n) is 3.83. The van der Waals surface area contributed by atoms with Gasteiger partial charge in [0.25, 0.3) is 0 Å². The van der Waals surface area contributed by atoms with E-state index in [9.17, 15) is 8.78 Å². The van der Waals surface area contributed by atoms with Gasteiger partial charge in [-0.3, -0.25) is 0 Å². The first-order valence-corrected chi connectivity index (χ1v) is 1.71. The highest BCUT2D eigenvalue weighted by Gasteiger charge is 1.91. The summed E-state index contributed by atoms with van der Waals surface area (Å²) in [5.41, 5.74) is 0. The lowest BCUT2D eigenvalue weighted by Crippen LogP contribution is -1.73. The molecule has 3 heteroatoms. The van der Waals surface area contributed by atoms with Crippen molar-refractivity contribution in [2.24, 2.45) is 0 Å². The van der Waals surface area contributed by atoms with E-state index in [1.807, 2.05) is 0 Å². The molecule has 0 rings (SSSR count). The van der Waals surface area contributed by atoms with Crippen LogP contribution in [0.15, 0.2) is 11.7 Å². The molecule has 7 heavy (non-hydrogen) atoms. The van der Waals surface area contributed by atoms with Crippen LogP contribution in [0.3, 0.4) is 0 Å². The van der Waals surface area contributed by atoms with Crippen molar-refractivity contribution in [1.82, 2.24) is 0 Å². The predicted octanol–water partition coefficient (Wildman–Crippen LogP) is 1.81. The van der Waals surface area contributed by atoms with Gasteiger partial charge in [0.2, 0.25) is 0 Å². The van der Waals surface area contributed by atoms with Gasteiger partial charge in [0.05, 0.1) is 6.21 Å². The van der Waals surface area contributed by atoms with Gasteiger partial charge >= 0.3 is 0 Å². The molecule has 0 fully saturated rings. The van der Waals surface area contributed by atoms with E-state index in [1.165, 1.54) is 0 Å². The van der Waals surface area contributed by atoms with Gasteiger partial charge in [-0.05, 0) is 6.92 Å². The number of hydrogen-bond donors (Lipinski definition) is 1. The van der Waals surface area contributed by atoms with Crippen LogP contribution in [-0.4, -0.2) is 6.21 Å². The Balaban J connectivity index is 3.98. The summed E-state index contributed by atoms with van der Waals surface area (Å²) in [7, 11) is 0. The molecule has 0 amide bonds. The van der Waals surface area contributed by atoms with Gasteiger partial charge in [-0.15, -0.1) is 0 Å². The number of allylic oxidation sites excluding steroid dienone is 2. The summed E-state index contributed by atoms with van der Waals surface area (Å²) in [6.45, 7) is 0.959. The predicted molar refractivity (Wildman–Crippen MR) is 23.7 cm³/mol. The third-order valence-corrected chi connectivity index (χ3v) is 0.456. The molecule has 0 saturated carbocycles. The van der Waals surface area contributed by atoms with Crippen LogP contribution >= 0.6 is 0 Å². The molecule has 0 aliphatic carbocycles. The Morgan fingerprint density at radius 1 is 1.57 bits per heavy atom. The maximum absolute atomic E-state index is 11.5. The average Bonchev–Trinajstić information content (AvgIpc) is 1.65. The largest absolute Gasteiger partial charge is 0.306 e. The second-order valence-corrected chi connectivity index (χ2v) is 1.03. The topological polar surface area (TPSA) is 23.9 Å². The molecule has 0 aromatic rings. The minimum atomic E-state index is -1.11. The standard InChI is InChI=1S/C4H5F2N/c1-3(5)4(6)2-7/h2,7H,1H3/b4-3-,7-2?. The van der Waals surface area contributed by atoms with E-state index in [4.69, 9.17) is 5.41 Å². The van der Waals surface area contributed by atoms with E-state index in [0.29, 0.717) is 6.21 Å². The first kappa shape index (κ1) is 6.27. The summed E-state index contributed by atoms with van der Waals surface area (Å²) < 4.78 is 23.0. The van der Waals surface area contributed by atoms with Crippen molar-refractivity contribution in [2.75, 3.05) is 0 Å². The maximum atomic E-state index is 11.5. The van der Waals surface area contributed by atoms with Crippen LogP contribution in [0.1, 0.15) is 6.92 Å². The quantitative estimate of drug-likeness (QED) is 0.492. The lowest BCUT2D eigenvalue weighted by atomic mass is 10.5. The summed E-state index contributed by atoms with van der Waals surface area (Å²) in [5.74, 6) is -2.06. The van der Waals surface area contributed by atoms with Gasteiger partial charge in [0.1, 0.15) is 5.83 Å². The van der Waals surface area contributed by atoms with Crippen LogP contribution in [0.25, 0.3) is 0 Å². The summed E-state index contributed by atoms with van der Waals surface area (Å²) in [4.78, 5) is 0. The Bertz CT molecular complexity index is 102. The zero-order chi connectivity index (χ0) is 5.86. The first-order chi connectivity index (χ1) is 3.18. The normalized spacial score (nSPS) is 13.0. The van der Waals surface area contributed by atoms with Crippen LogP contribution in [0.4, 0.5) is 8.78 Å². The van der Waals surface area contributed by atoms with Gasteiger partial charge in [-0.25, -0.2) is 8.78 Å². The van der Waals surface area contributed by atoms with Crippen molar-refractivity contribution >= 4 is 6.21 Å². The van der Waals surface area contributed by atoms with Crippen LogP contribution in [0.2, 0.25) is 0 Å². The minimum Gasteiger partial charge on any atom is -0.306 e. The van der Waals surface area contributed by atoms with Gasteiger partial charge < -0.3 is 5.41 Å². The van der Waals surface area contributed by atoms with Gasteiger partial charge in [-0.2, -0.15) is 0 Å². The third-order valence-electron chi connectivity index (χ3n) is 0.456. The van der Waals surface area contributed by atoms with Crippen molar-refractivity contribution in [3.8, 4) is 0 Å². The first-order valence-electron chi connectivity index (χ1n) is 1.71. The molecule has 0 radical (unpaired) electrons. The van der Waals surface area contributed by atoms with E-state index in [0.717, 1.165) is 6.92 Å². The third kappa shape index (κ3) is 2.03. The van der Waals surface area contributed by atoms with Crippen molar-refractivity contribution in [1.29, 1.82) is 5.41 Å². The van der Waals surface area contributed by atoms with Crippen LogP contribution < -0.4 is 0 Å². The summed E-state index contributed by atoms with van der Waals surface area (Å²) in [5, 5.41) is 6.14. The van der Waals surface area contributed by atoms with Crippen molar-refractivity contribution in [2.45, 2.75) is 6.92 Å². The van der Waals surface area contributed by atoms with Crippen molar-refractivity contribution in [3.05, 3.63) is 11.7 Å². The highest BCUT2D eigenvalue weighted by Crippen LogP contribution is 2.01. The number of hydrogen-bond acceptors (Lipinski definition) is 1. The fraction of sp³-hybridized carbons (Fsp3) is 0.250. The van der Waals surface area contributed by atoms with Gasteiger partial charge in [-0.1, -0.05) is 0 Å². The molecule has 0 heterocycles. The molecule has 0 aliphatic rings. The highest BCUT2D eigenvalue weighted by atomic mass is 19.2. The van der Waals surface area contributed by atoms with Gasteiger partial charge in [0, 0.05) is 0 Å². The van der Waals surface area contributed by atoms with E-state index < -0.39 is 11.7 Å². The SMILES string of the molecule is C/C(F)=C(/F)C=N. The summed E-state index contributed by atoms with van der Waals surface area (Å²) >= 11 is 0. The fourth-order valence-corrected chi connectivity index (χ4v) is 0.0994. The highest BCUT2D eigenvalue weighted by molar-refractivity contribution is 5.72. The molecular weight excluding hydrogens is 100 g/mol. The molecular formula is C4H5F2N. The maximum Gasteiger partial charge on any atom is 0.171 e. The number of nitrogens with one attached hydrogen (secondary N) is 1.